The van der Waals surface area contributed by atoms with Crippen LogP contribution in [0.4, 0.5) is 4.39 Å². The molecule has 0 spiro atoms. The van der Waals surface area contributed by atoms with Crippen molar-refractivity contribution in [2.45, 2.75) is 93.4 Å². The van der Waals surface area contributed by atoms with E-state index in [9.17, 15) is 4.39 Å². The predicted molar refractivity (Wildman–Crippen MR) is 149 cm³/mol. The third-order valence-electron chi connectivity index (χ3n) is 7.04. The Balaban J connectivity index is 4.82. The molecule has 0 amide bonds. The van der Waals surface area contributed by atoms with E-state index in [2.05, 4.69) is 86.1 Å². The van der Waals surface area contributed by atoms with E-state index < -0.39 is 0 Å². The summed E-state index contributed by atoms with van der Waals surface area (Å²) in [7, 11) is 0. The lowest BCUT2D eigenvalue weighted by Crippen LogP contribution is -2.01. The summed E-state index contributed by atoms with van der Waals surface area (Å²) in [6, 6.07) is 0. The van der Waals surface area contributed by atoms with Crippen molar-refractivity contribution < 1.29 is 4.39 Å². The van der Waals surface area contributed by atoms with Crippen LogP contribution in [0.25, 0.3) is 0 Å². The fourth-order valence-corrected chi connectivity index (χ4v) is 3.37. The molecular formula is C32H51F. The molecule has 0 saturated heterocycles. The van der Waals surface area contributed by atoms with Crippen LogP contribution in [0, 0.1) is 23.7 Å². The Bertz CT molecular complexity index is 742. The predicted octanol–water partition coefficient (Wildman–Crippen LogP) is 10.9. The molecule has 0 aliphatic carbocycles. The topological polar surface area (TPSA) is 0 Å². The van der Waals surface area contributed by atoms with Crippen molar-refractivity contribution >= 4 is 0 Å². The van der Waals surface area contributed by atoms with Gasteiger partial charge in [0.1, 0.15) is 5.83 Å². The van der Waals surface area contributed by atoms with Crippen LogP contribution in [0.1, 0.15) is 93.4 Å². The zero-order valence-corrected chi connectivity index (χ0v) is 22.8. The summed E-state index contributed by atoms with van der Waals surface area (Å²) in [5.74, 6) is 1.52. The second-order valence-electron chi connectivity index (χ2n) is 10.1. The number of allylic oxidation sites excluding steroid dienone is 10. The molecule has 33 heavy (non-hydrogen) atoms. The van der Waals surface area contributed by atoms with E-state index in [-0.39, 0.29) is 17.7 Å². The maximum Gasteiger partial charge on any atom is 0.130 e. The van der Waals surface area contributed by atoms with Gasteiger partial charge in [0, 0.05) is 5.57 Å². The van der Waals surface area contributed by atoms with E-state index in [0.717, 1.165) is 53.9 Å². The van der Waals surface area contributed by atoms with Crippen molar-refractivity contribution in [3.63, 3.8) is 0 Å². The molecule has 186 valence electrons. The zero-order chi connectivity index (χ0) is 25.6. The van der Waals surface area contributed by atoms with Gasteiger partial charge in [-0.1, -0.05) is 123 Å². The second-order valence-corrected chi connectivity index (χ2v) is 10.1. The van der Waals surface area contributed by atoms with Crippen molar-refractivity contribution in [2.75, 3.05) is 0 Å². The quantitative estimate of drug-likeness (QED) is 0.192. The Labute approximate surface area is 205 Å². The second kappa shape index (κ2) is 16.7. The van der Waals surface area contributed by atoms with Gasteiger partial charge in [-0.2, -0.15) is 0 Å². The Hall–Kier alpha value is -1.89. The molecule has 0 aliphatic rings. The van der Waals surface area contributed by atoms with Crippen LogP contribution in [0.5, 0.6) is 0 Å². The number of hydrogen-bond acceptors (Lipinski definition) is 0. The highest BCUT2D eigenvalue weighted by molar-refractivity contribution is 5.43. The van der Waals surface area contributed by atoms with Crippen molar-refractivity contribution in [3.05, 3.63) is 84.3 Å². The van der Waals surface area contributed by atoms with E-state index in [1.807, 2.05) is 6.92 Å². The van der Waals surface area contributed by atoms with Gasteiger partial charge in [-0.05, 0) is 67.1 Å². The highest BCUT2D eigenvalue weighted by Crippen LogP contribution is 2.26. The van der Waals surface area contributed by atoms with Gasteiger partial charge in [0.15, 0.2) is 0 Å². The van der Waals surface area contributed by atoms with Gasteiger partial charge in [0.25, 0.3) is 0 Å². The highest BCUT2D eigenvalue weighted by Gasteiger charge is 2.11. The average Bonchev–Trinajstić information content (AvgIpc) is 2.80. The number of halogens is 1. The first-order valence-electron chi connectivity index (χ1n) is 12.9. The molecule has 0 aromatic heterocycles. The number of hydrogen-bond donors (Lipinski definition) is 0. The van der Waals surface area contributed by atoms with Gasteiger partial charge in [0.05, 0.1) is 0 Å². The summed E-state index contributed by atoms with van der Waals surface area (Å²) in [5, 5.41) is 0. The Morgan fingerprint density at radius 1 is 0.788 bits per heavy atom. The molecule has 0 aromatic carbocycles. The Morgan fingerprint density at radius 2 is 1.33 bits per heavy atom. The molecule has 0 saturated carbocycles. The number of rotatable bonds is 17. The molecule has 0 aromatic rings. The molecule has 0 N–H and O–H groups in total. The lowest BCUT2D eigenvalue weighted by Gasteiger charge is -2.15. The summed E-state index contributed by atoms with van der Waals surface area (Å²) >= 11 is 0. The zero-order valence-electron chi connectivity index (χ0n) is 22.8. The molecule has 4 unspecified atom stereocenters. The van der Waals surface area contributed by atoms with Gasteiger partial charge in [-0.15, -0.1) is 0 Å². The van der Waals surface area contributed by atoms with Crippen LogP contribution in [0.3, 0.4) is 0 Å². The van der Waals surface area contributed by atoms with Crippen molar-refractivity contribution in [1.82, 2.24) is 0 Å². The molecule has 0 rings (SSSR count). The summed E-state index contributed by atoms with van der Waals surface area (Å²) < 4.78 is 14.7. The largest absolute Gasteiger partial charge is 0.206 e. The van der Waals surface area contributed by atoms with Gasteiger partial charge in [0.2, 0.25) is 0 Å². The first-order chi connectivity index (χ1) is 15.4. The van der Waals surface area contributed by atoms with E-state index >= 15 is 0 Å². The van der Waals surface area contributed by atoms with E-state index in [0.29, 0.717) is 11.5 Å². The van der Waals surface area contributed by atoms with Gasteiger partial charge in [-0.3, -0.25) is 0 Å². The van der Waals surface area contributed by atoms with Crippen molar-refractivity contribution in [3.8, 4) is 0 Å². The van der Waals surface area contributed by atoms with Gasteiger partial charge < -0.3 is 0 Å². The molecule has 0 bridgehead atoms. The summed E-state index contributed by atoms with van der Waals surface area (Å²) in [4.78, 5) is 0. The molecular weight excluding hydrogens is 403 g/mol. The van der Waals surface area contributed by atoms with Crippen LogP contribution >= 0.6 is 0 Å². The van der Waals surface area contributed by atoms with E-state index in [4.69, 9.17) is 0 Å². The summed E-state index contributed by atoms with van der Waals surface area (Å²) in [5.41, 5.74) is 4.36. The molecule has 0 fully saturated rings. The fourth-order valence-electron chi connectivity index (χ4n) is 3.37. The maximum absolute atomic E-state index is 14.7. The Morgan fingerprint density at radius 3 is 1.88 bits per heavy atom. The molecule has 1 heteroatoms. The van der Waals surface area contributed by atoms with E-state index in [1.54, 1.807) is 6.08 Å². The molecule has 0 radical (unpaired) electrons. The normalized spacial score (nSPS) is 16.4. The molecule has 0 nitrogen and oxygen atoms in total. The van der Waals surface area contributed by atoms with Crippen molar-refractivity contribution in [1.29, 1.82) is 0 Å². The van der Waals surface area contributed by atoms with Crippen molar-refractivity contribution in [2.24, 2.45) is 23.7 Å². The highest BCUT2D eigenvalue weighted by atomic mass is 19.1. The standard InChI is InChI=1S/C32H51F/c1-12-14-15-24(4)30(10)22-32(33)31(11)29(9)21-20-28(8)27(7)19-18-26(6)25(5)17-16-23(3)13-2/h18-19,21-25,28H,6-7,10-17,20H2,1-5,8-9H3/b19-18-,29-21+,32-22+. The van der Waals surface area contributed by atoms with Crippen LogP contribution in [-0.2, 0) is 0 Å². The minimum Gasteiger partial charge on any atom is -0.206 e. The van der Waals surface area contributed by atoms with Gasteiger partial charge >= 0.3 is 0 Å². The minimum atomic E-state index is -0.286. The summed E-state index contributed by atoms with van der Waals surface area (Å²) in [6.07, 6.45) is 15.6. The molecule has 0 heterocycles. The lowest BCUT2D eigenvalue weighted by atomic mass is 9.90. The average molecular weight is 455 g/mol. The maximum atomic E-state index is 14.7. The Kier molecular flexibility index (Phi) is 15.7. The summed E-state index contributed by atoms with van der Waals surface area (Å²) in [6.45, 7) is 31.7. The van der Waals surface area contributed by atoms with E-state index in [1.165, 1.54) is 19.3 Å². The third-order valence-corrected chi connectivity index (χ3v) is 7.04. The van der Waals surface area contributed by atoms with Crippen LogP contribution < -0.4 is 0 Å². The van der Waals surface area contributed by atoms with Gasteiger partial charge in [-0.25, -0.2) is 4.39 Å². The SMILES string of the molecule is C=C(/C(C)=C/CC(C)C(=C)/C=C\C(=C)C(C)CCC(C)CC)/C(F)=C\C(=C)C(C)CCCC. The van der Waals surface area contributed by atoms with Crippen LogP contribution in [-0.4, -0.2) is 0 Å². The van der Waals surface area contributed by atoms with Crippen LogP contribution in [0.2, 0.25) is 0 Å². The third kappa shape index (κ3) is 12.8. The molecule has 0 aliphatic heterocycles. The first-order valence-corrected chi connectivity index (χ1v) is 12.9. The lowest BCUT2D eigenvalue weighted by molar-refractivity contribution is 0.454. The first kappa shape index (κ1) is 31.1. The monoisotopic (exact) mass is 454 g/mol. The molecule has 4 atom stereocenters. The number of unbranched alkanes of at least 4 members (excludes halogenated alkanes) is 1. The smallest absolute Gasteiger partial charge is 0.130 e. The van der Waals surface area contributed by atoms with Crippen LogP contribution in [0.15, 0.2) is 84.3 Å². The minimum absolute atomic E-state index is 0.267. The fraction of sp³-hybridized carbons (Fsp3) is 0.562.